The van der Waals surface area contributed by atoms with Gasteiger partial charge < -0.3 is 19.3 Å². The molecule has 2 aromatic rings. The molecule has 0 saturated heterocycles. The van der Waals surface area contributed by atoms with Crippen molar-refractivity contribution >= 4 is 11.5 Å². The lowest BCUT2D eigenvalue weighted by molar-refractivity contribution is 0.297. The average molecular weight is 318 g/mol. The molecule has 1 aromatic heterocycles. The lowest BCUT2D eigenvalue weighted by Crippen LogP contribution is -2.04. The van der Waals surface area contributed by atoms with Gasteiger partial charge in [0.25, 0.3) is 0 Å². The summed E-state index contributed by atoms with van der Waals surface area (Å²) in [5.74, 6) is 2.95. The molecule has 0 aliphatic rings. The van der Waals surface area contributed by atoms with Gasteiger partial charge in [-0.2, -0.15) is 0 Å². The van der Waals surface area contributed by atoms with Crippen LogP contribution in [0, 0.1) is 6.92 Å². The summed E-state index contributed by atoms with van der Waals surface area (Å²) < 4.78 is 16.9. The van der Waals surface area contributed by atoms with Crippen LogP contribution in [0.3, 0.4) is 0 Å². The minimum atomic E-state index is 0.648. The number of aryl methyl sites for hydroxylation is 1. The molecular weight excluding hydrogens is 292 g/mol. The van der Waals surface area contributed by atoms with Gasteiger partial charge in [0.05, 0.1) is 13.2 Å². The maximum atomic E-state index is 5.90. The Morgan fingerprint density at radius 3 is 2.13 bits per heavy atom. The van der Waals surface area contributed by atoms with Gasteiger partial charge in [-0.15, -0.1) is 0 Å². The minimum Gasteiger partial charge on any atom is -0.491 e. The van der Waals surface area contributed by atoms with E-state index < -0.39 is 0 Å². The first-order chi connectivity index (χ1) is 11.2. The molecule has 1 heterocycles. The Balaban J connectivity index is 2.19. The molecule has 23 heavy (non-hydrogen) atoms. The number of benzene rings is 1. The monoisotopic (exact) mass is 318 g/mol. The van der Waals surface area contributed by atoms with E-state index in [1.165, 1.54) is 0 Å². The summed E-state index contributed by atoms with van der Waals surface area (Å²) in [4.78, 5) is 0. The fourth-order valence-corrected chi connectivity index (χ4v) is 2.08. The van der Waals surface area contributed by atoms with Crippen LogP contribution in [-0.4, -0.2) is 18.4 Å². The summed E-state index contributed by atoms with van der Waals surface area (Å²) in [7, 11) is 0. The van der Waals surface area contributed by atoms with Gasteiger partial charge in [-0.1, -0.05) is 37.9 Å². The number of anilines is 2. The average Bonchev–Trinajstić information content (AvgIpc) is 2.95. The number of unbranched alkanes of at least 4 members (excludes halogenated alkanes) is 2. The Kier molecular flexibility index (Phi) is 6.78. The zero-order chi connectivity index (χ0) is 16.5. The van der Waals surface area contributed by atoms with Crippen LogP contribution in [0.15, 0.2) is 28.8 Å². The van der Waals surface area contributed by atoms with E-state index in [1.807, 2.05) is 31.2 Å². The van der Waals surface area contributed by atoms with Gasteiger partial charge in [0.15, 0.2) is 5.82 Å². The van der Waals surface area contributed by atoms with Crippen molar-refractivity contribution in [2.45, 2.75) is 46.5 Å². The van der Waals surface area contributed by atoms with Gasteiger partial charge >= 0.3 is 0 Å². The molecule has 5 heteroatoms. The van der Waals surface area contributed by atoms with Crippen LogP contribution < -0.4 is 14.8 Å². The summed E-state index contributed by atoms with van der Waals surface area (Å²) in [6, 6.07) is 7.68. The van der Waals surface area contributed by atoms with Crippen molar-refractivity contribution in [2.75, 3.05) is 18.5 Å². The molecule has 2 rings (SSSR count). The van der Waals surface area contributed by atoms with E-state index in [2.05, 4.69) is 24.3 Å². The fraction of sp³-hybridized carbons (Fsp3) is 0.500. The molecule has 0 amide bonds. The first-order valence-electron chi connectivity index (χ1n) is 8.33. The number of hydrogen-bond acceptors (Lipinski definition) is 5. The summed E-state index contributed by atoms with van der Waals surface area (Å²) in [5, 5.41) is 7.25. The van der Waals surface area contributed by atoms with E-state index >= 15 is 0 Å². The van der Waals surface area contributed by atoms with Crippen LogP contribution in [-0.2, 0) is 0 Å². The van der Waals surface area contributed by atoms with Crippen molar-refractivity contribution in [1.82, 2.24) is 5.16 Å². The van der Waals surface area contributed by atoms with Gasteiger partial charge in [0.2, 0.25) is 0 Å². The normalized spacial score (nSPS) is 10.6. The molecule has 1 N–H and O–H groups in total. The molecule has 0 radical (unpaired) electrons. The molecule has 0 atom stereocenters. The van der Waals surface area contributed by atoms with Crippen molar-refractivity contribution in [3.05, 3.63) is 30.0 Å². The summed E-state index contributed by atoms with van der Waals surface area (Å²) in [6.45, 7) is 7.51. The third-order valence-corrected chi connectivity index (χ3v) is 3.38. The quantitative estimate of drug-likeness (QED) is 0.619. The molecule has 0 unspecified atom stereocenters. The standard InChI is InChI=1S/C18H26N2O3/c1-4-6-11-21-15-9-8-10-16(22-12-7-5-2)18(15)19-17-13-14(3)23-20-17/h8-10,13H,4-7,11-12H2,1-3H3,(H,19,20). The van der Waals surface area contributed by atoms with Crippen molar-refractivity contribution in [3.63, 3.8) is 0 Å². The molecule has 126 valence electrons. The molecule has 0 aliphatic carbocycles. The zero-order valence-corrected chi connectivity index (χ0v) is 14.2. The van der Waals surface area contributed by atoms with Gasteiger partial charge in [-0.05, 0) is 31.9 Å². The number of ether oxygens (including phenoxy) is 2. The van der Waals surface area contributed by atoms with E-state index in [1.54, 1.807) is 0 Å². The minimum absolute atomic E-state index is 0.648. The molecule has 0 spiro atoms. The first-order valence-corrected chi connectivity index (χ1v) is 8.33. The number of aromatic nitrogens is 1. The molecule has 0 bridgehead atoms. The van der Waals surface area contributed by atoms with Crippen molar-refractivity contribution in [3.8, 4) is 11.5 Å². The summed E-state index contributed by atoms with van der Waals surface area (Å²) in [5.41, 5.74) is 0.799. The Hall–Kier alpha value is -2.17. The number of nitrogens with one attached hydrogen (secondary N) is 1. The summed E-state index contributed by atoms with van der Waals surface area (Å²) in [6.07, 6.45) is 4.22. The Morgan fingerprint density at radius 2 is 1.65 bits per heavy atom. The second-order valence-electron chi connectivity index (χ2n) is 5.48. The first kappa shape index (κ1) is 17.2. The topological polar surface area (TPSA) is 56.5 Å². The molecule has 0 saturated carbocycles. The van der Waals surface area contributed by atoms with Gasteiger partial charge in [0, 0.05) is 6.07 Å². The van der Waals surface area contributed by atoms with E-state index in [4.69, 9.17) is 14.0 Å². The highest BCUT2D eigenvalue weighted by Crippen LogP contribution is 2.37. The molecule has 1 aromatic carbocycles. The van der Waals surface area contributed by atoms with Crippen LogP contribution in [0.2, 0.25) is 0 Å². The van der Waals surface area contributed by atoms with Crippen molar-refractivity contribution in [2.24, 2.45) is 0 Å². The van der Waals surface area contributed by atoms with Gasteiger partial charge in [-0.3, -0.25) is 0 Å². The third kappa shape index (κ3) is 5.20. The van der Waals surface area contributed by atoms with Crippen molar-refractivity contribution < 1.29 is 14.0 Å². The Labute approximate surface area is 138 Å². The lowest BCUT2D eigenvalue weighted by atomic mass is 10.2. The molecular formula is C18H26N2O3. The maximum absolute atomic E-state index is 5.90. The summed E-state index contributed by atoms with van der Waals surface area (Å²) >= 11 is 0. The molecule has 5 nitrogen and oxygen atoms in total. The number of nitrogens with zero attached hydrogens (tertiary/aromatic N) is 1. The van der Waals surface area contributed by atoms with E-state index in [0.29, 0.717) is 19.0 Å². The Morgan fingerprint density at radius 1 is 1.04 bits per heavy atom. The third-order valence-electron chi connectivity index (χ3n) is 3.38. The number of hydrogen-bond donors (Lipinski definition) is 1. The lowest BCUT2D eigenvalue weighted by Gasteiger charge is -2.16. The van der Waals surface area contributed by atoms with E-state index in [9.17, 15) is 0 Å². The highest BCUT2D eigenvalue weighted by Gasteiger charge is 2.13. The van der Waals surface area contributed by atoms with Crippen LogP contribution in [0.1, 0.15) is 45.3 Å². The van der Waals surface area contributed by atoms with Crippen LogP contribution >= 0.6 is 0 Å². The molecule has 0 aliphatic heterocycles. The van der Waals surface area contributed by atoms with E-state index in [-0.39, 0.29) is 0 Å². The number of rotatable bonds is 10. The number of para-hydroxylation sites is 1. The van der Waals surface area contributed by atoms with Gasteiger partial charge in [-0.25, -0.2) is 0 Å². The predicted octanol–water partition coefficient (Wildman–Crippen LogP) is 5.08. The SMILES string of the molecule is CCCCOc1cccc(OCCCC)c1Nc1cc(C)on1. The van der Waals surface area contributed by atoms with Crippen LogP contribution in [0.4, 0.5) is 11.5 Å². The smallest absolute Gasteiger partial charge is 0.174 e. The van der Waals surface area contributed by atoms with E-state index in [0.717, 1.165) is 48.6 Å². The van der Waals surface area contributed by atoms with Gasteiger partial charge in [0.1, 0.15) is 22.9 Å². The largest absolute Gasteiger partial charge is 0.491 e. The van der Waals surface area contributed by atoms with Crippen LogP contribution in [0.25, 0.3) is 0 Å². The highest BCUT2D eigenvalue weighted by molar-refractivity contribution is 5.71. The van der Waals surface area contributed by atoms with Crippen molar-refractivity contribution in [1.29, 1.82) is 0 Å². The van der Waals surface area contributed by atoms with Crippen LogP contribution in [0.5, 0.6) is 11.5 Å². The predicted molar refractivity (Wildman–Crippen MR) is 91.8 cm³/mol. The second kappa shape index (κ2) is 9.08. The molecule has 0 fully saturated rings. The maximum Gasteiger partial charge on any atom is 0.174 e. The fourth-order valence-electron chi connectivity index (χ4n) is 2.08. The Bertz CT molecular complexity index is 567. The highest BCUT2D eigenvalue weighted by atomic mass is 16.5. The zero-order valence-electron chi connectivity index (χ0n) is 14.2. The second-order valence-corrected chi connectivity index (χ2v) is 5.48.